The summed E-state index contributed by atoms with van der Waals surface area (Å²) < 4.78 is 5.12. The molecule has 0 unspecified atom stereocenters. The van der Waals surface area contributed by atoms with E-state index in [9.17, 15) is 9.90 Å². The van der Waals surface area contributed by atoms with E-state index in [0.29, 0.717) is 15.8 Å². The number of para-hydroxylation sites is 1. The number of phenols is 1. The van der Waals surface area contributed by atoms with Crippen LogP contribution in [-0.2, 0) is 4.79 Å². The molecule has 5 nitrogen and oxygen atoms in total. The van der Waals surface area contributed by atoms with Crippen molar-refractivity contribution in [2.24, 2.45) is 4.99 Å². The number of aryl methyl sites for hydroxylation is 1. The summed E-state index contributed by atoms with van der Waals surface area (Å²) in [6.45, 7) is 1.86. The monoisotopic (exact) mass is 340 g/mol. The number of carbonyl (C=O) groups excluding carboxylic acids is 1. The molecular weight excluding hydrogens is 324 g/mol. The molecule has 3 rings (SSSR count). The van der Waals surface area contributed by atoms with Crippen LogP contribution in [0.2, 0.25) is 0 Å². The molecule has 0 atom stereocenters. The molecule has 1 saturated heterocycles. The predicted molar refractivity (Wildman–Crippen MR) is 96.6 cm³/mol. The Hall–Kier alpha value is -2.73. The minimum absolute atomic E-state index is 0.0879. The van der Waals surface area contributed by atoms with Crippen LogP contribution >= 0.6 is 11.8 Å². The maximum absolute atomic E-state index is 12.1. The number of thioether (sulfide) groups is 1. The first-order chi connectivity index (χ1) is 11.6. The van der Waals surface area contributed by atoms with Crippen molar-refractivity contribution in [1.29, 1.82) is 0 Å². The highest BCUT2D eigenvalue weighted by Gasteiger charge is 2.24. The van der Waals surface area contributed by atoms with E-state index in [1.165, 1.54) is 11.8 Å². The fourth-order valence-corrected chi connectivity index (χ4v) is 3.05. The van der Waals surface area contributed by atoms with Crippen LogP contribution in [0.5, 0.6) is 11.5 Å². The van der Waals surface area contributed by atoms with Crippen LogP contribution in [0.1, 0.15) is 11.1 Å². The van der Waals surface area contributed by atoms with Crippen molar-refractivity contribution in [3.63, 3.8) is 0 Å². The molecule has 2 aromatic carbocycles. The lowest BCUT2D eigenvalue weighted by molar-refractivity contribution is -0.115. The molecule has 1 amide bonds. The summed E-state index contributed by atoms with van der Waals surface area (Å²) in [6, 6.07) is 12.6. The van der Waals surface area contributed by atoms with Gasteiger partial charge in [-0.15, -0.1) is 0 Å². The summed E-state index contributed by atoms with van der Waals surface area (Å²) in [7, 11) is 1.61. The van der Waals surface area contributed by atoms with Gasteiger partial charge in [0.2, 0.25) is 0 Å². The molecule has 0 radical (unpaired) electrons. The lowest BCUT2D eigenvalue weighted by Gasteiger charge is -2.03. The number of benzene rings is 2. The lowest BCUT2D eigenvalue weighted by Crippen LogP contribution is -2.19. The molecule has 6 heteroatoms. The first kappa shape index (κ1) is 16.1. The molecule has 2 aromatic rings. The van der Waals surface area contributed by atoms with E-state index in [2.05, 4.69) is 10.3 Å². The zero-order valence-electron chi connectivity index (χ0n) is 13.2. The van der Waals surface area contributed by atoms with Crippen molar-refractivity contribution >= 4 is 34.6 Å². The number of amides is 1. The maximum Gasteiger partial charge on any atom is 0.264 e. The van der Waals surface area contributed by atoms with E-state index >= 15 is 0 Å². The Morgan fingerprint density at radius 2 is 1.96 bits per heavy atom. The van der Waals surface area contributed by atoms with Gasteiger partial charge in [0, 0.05) is 0 Å². The van der Waals surface area contributed by atoms with Gasteiger partial charge in [-0.05, 0) is 54.1 Å². The van der Waals surface area contributed by atoms with Crippen molar-refractivity contribution in [1.82, 2.24) is 5.32 Å². The van der Waals surface area contributed by atoms with Crippen LogP contribution in [0.15, 0.2) is 52.4 Å². The van der Waals surface area contributed by atoms with Gasteiger partial charge in [-0.25, -0.2) is 4.99 Å². The van der Waals surface area contributed by atoms with Crippen molar-refractivity contribution in [2.45, 2.75) is 6.92 Å². The molecule has 1 fully saturated rings. The second kappa shape index (κ2) is 6.80. The average Bonchev–Trinajstić information content (AvgIpc) is 2.91. The molecular formula is C18H16N2O3S. The zero-order chi connectivity index (χ0) is 17.1. The summed E-state index contributed by atoms with van der Waals surface area (Å²) in [6.07, 6.45) is 1.79. The van der Waals surface area contributed by atoms with Crippen LogP contribution in [0.25, 0.3) is 6.08 Å². The van der Waals surface area contributed by atoms with Gasteiger partial charge in [0.1, 0.15) is 17.2 Å². The molecule has 0 aromatic heterocycles. The minimum atomic E-state index is -0.206. The van der Waals surface area contributed by atoms with Gasteiger partial charge in [0.05, 0.1) is 12.0 Å². The maximum atomic E-state index is 12.1. The van der Waals surface area contributed by atoms with E-state index in [0.717, 1.165) is 16.9 Å². The Balaban J connectivity index is 1.85. The Bertz CT molecular complexity index is 822. The predicted octanol–water partition coefficient (Wildman–Crippen LogP) is 3.60. The Kier molecular flexibility index (Phi) is 4.57. The third-order valence-corrected chi connectivity index (χ3v) is 4.40. The van der Waals surface area contributed by atoms with Gasteiger partial charge in [-0.3, -0.25) is 4.79 Å². The van der Waals surface area contributed by atoms with Gasteiger partial charge in [-0.2, -0.15) is 0 Å². The molecule has 24 heavy (non-hydrogen) atoms. The zero-order valence-corrected chi connectivity index (χ0v) is 14.1. The van der Waals surface area contributed by atoms with E-state index in [1.54, 1.807) is 25.3 Å². The van der Waals surface area contributed by atoms with E-state index in [4.69, 9.17) is 4.74 Å². The van der Waals surface area contributed by atoms with Crippen LogP contribution < -0.4 is 10.1 Å². The van der Waals surface area contributed by atoms with Crippen LogP contribution in [0.4, 0.5) is 5.69 Å². The third kappa shape index (κ3) is 3.44. The van der Waals surface area contributed by atoms with E-state index < -0.39 is 0 Å². The molecule has 1 heterocycles. The number of phenolic OH excluding ortho intramolecular Hbond substituents is 1. The molecule has 0 bridgehead atoms. The number of hydrogen-bond acceptors (Lipinski definition) is 5. The second-order valence-electron chi connectivity index (χ2n) is 5.20. The number of nitrogens with one attached hydrogen (secondary N) is 1. The number of hydrogen-bond donors (Lipinski definition) is 2. The average molecular weight is 340 g/mol. The highest BCUT2D eigenvalue weighted by molar-refractivity contribution is 8.18. The summed E-state index contributed by atoms with van der Waals surface area (Å²) in [5.74, 6) is 0.644. The van der Waals surface area contributed by atoms with E-state index in [-0.39, 0.29) is 11.7 Å². The van der Waals surface area contributed by atoms with Crippen molar-refractivity contribution < 1.29 is 14.6 Å². The van der Waals surface area contributed by atoms with Gasteiger partial charge < -0.3 is 15.2 Å². The van der Waals surface area contributed by atoms with Gasteiger partial charge >= 0.3 is 0 Å². The highest BCUT2D eigenvalue weighted by atomic mass is 32.2. The molecule has 0 saturated carbocycles. The van der Waals surface area contributed by atoms with Gasteiger partial charge in [-0.1, -0.05) is 24.3 Å². The van der Waals surface area contributed by atoms with Crippen LogP contribution in [0, 0.1) is 6.92 Å². The first-order valence-corrected chi connectivity index (χ1v) is 8.10. The number of carbonyl (C=O) groups is 1. The van der Waals surface area contributed by atoms with Crippen molar-refractivity contribution in [3.05, 3.63) is 58.5 Å². The number of rotatable bonds is 3. The molecule has 122 valence electrons. The topological polar surface area (TPSA) is 70.9 Å². The Labute approximate surface area is 144 Å². The van der Waals surface area contributed by atoms with Gasteiger partial charge in [0.15, 0.2) is 5.17 Å². The Morgan fingerprint density at radius 3 is 2.62 bits per heavy atom. The lowest BCUT2D eigenvalue weighted by atomic mass is 10.2. The highest BCUT2D eigenvalue weighted by Crippen LogP contribution is 2.33. The number of methoxy groups -OCH3 is 1. The smallest absolute Gasteiger partial charge is 0.264 e. The number of ether oxygens (including phenoxy) is 1. The molecule has 2 N–H and O–H groups in total. The molecule has 1 aliphatic heterocycles. The van der Waals surface area contributed by atoms with Crippen LogP contribution in [0.3, 0.4) is 0 Å². The van der Waals surface area contributed by atoms with Crippen molar-refractivity contribution in [3.8, 4) is 11.5 Å². The number of aromatic hydroxyl groups is 1. The molecule has 0 spiro atoms. The summed E-state index contributed by atoms with van der Waals surface area (Å²) >= 11 is 1.24. The summed E-state index contributed by atoms with van der Waals surface area (Å²) in [4.78, 5) is 17.0. The molecule has 1 aliphatic rings. The number of aliphatic imine (C=N–C) groups is 1. The fourth-order valence-electron chi connectivity index (χ4n) is 2.22. The normalized spacial score (nSPS) is 17.3. The third-order valence-electron chi connectivity index (χ3n) is 3.49. The number of amidine groups is 1. The van der Waals surface area contributed by atoms with Crippen molar-refractivity contribution in [2.75, 3.05) is 7.11 Å². The first-order valence-electron chi connectivity index (χ1n) is 7.29. The minimum Gasteiger partial charge on any atom is -0.506 e. The molecule has 0 aliphatic carbocycles. The standard InChI is InChI=1S/C18H16N2O3S/c1-11-4-3-5-14(21)16(11)19-18-20-17(22)15(24-18)10-12-6-8-13(23-2)9-7-12/h3-10,21H,1-2H3,(H,19,20,22)/b15-10-. The summed E-state index contributed by atoms with van der Waals surface area (Å²) in [5, 5.41) is 13.1. The van der Waals surface area contributed by atoms with E-state index in [1.807, 2.05) is 37.3 Å². The van der Waals surface area contributed by atoms with Crippen LogP contribution in [-0.4, -0.2) is 23.3 Å². The Morgan fingerprint density at radius 1 is 1.21 bits per heavy atom. The fraction of sp³-hybridized carbons (Fsp3) is 0.111. The largest absolute Gasteiger partial charge is 0.506 e. The number of nitrogens with zero attached hydrogens (tertiary/aromatic N) is 1. The quantitative estimate of drug-likeness (QED) is 0.838. The van der Waals surface area contributed by atoms with Gasteiger partial charge in [0.25, 0.3) is 5.91 Å². The second-order valence-corrected chi connectivity index (χ2v) is 6.23. The summed E-state index contributed by atoms with van der Waals surface area (Å²) in [5.41, 5.74) is 2.20. The SMILES string of the molecule is COc1ccc(/C=C2\SC(=Nc3c(C)cccc3O)NC2=O)cc1.